The second kappa shape index (κ2) is 6.51. The van der Waals surface area contributed by atoms with Crippen molar-refractivity contribution in [3.05, 3.63) is 5.69 Å². The smallest absolute Gasteiger partial charge is 0.148 e. The maximum atomic E-state index is 6.15. The Morgan fingerprint density at radius 2 is 1.85 bits per heavy atom. The molecule has 20 heavy (non-hydrogen) atoms. The highest BCUT2D eigenvalue weighted by Crippen LogP contribution is 2.32. The minimum absolute atomic E-state index is 0.337. The molecule has 1 aliphatic rings. The molecule has 0 atom stereocenters. The van der Waals surface area contributed by atoms with Gasteiger partial charge in [-0.1, -0.05) is 26.2 Å². The summed E-state index contributed by atoms with van der Waals surface area (Å²) in [7, 11) is 0. The van der Waals surface area contributed by atoms with Gasteiger partial charge in [0.1, 0.15) is 5.82 Å². The summed E-state index contributed by atoms with van der Waals surface area (Å²) in [4.78, 5) is 0. The van der Waals surface area contributed by atoms with Gasteiger partial charge >= 0.3 is 0 Å². The number of aromatic nitrogens is 2. The molecule has 1 aromatic heterocycles. The monoisotopic (exact) mass is 278 g/mol. The maximum absolute atomic E-state index is 6.15. The van der Waals surface area contributed by atoms with Gasteiger partial charge in [0.15, 0.2) is 0 Å². The Balaban J connectivity index is 1.94. The SMILES string of the molecule is CCC1CCC(CNc2c(N)c(C)nn2C(C)C)CC1. The summed E-state index contributed by atoms with van der Waals surface area (Å²) < 4.78 is 2.02. The van der Waals surface area contributed by atoms with E-state index in [1.807, 2.05) is 11.6 Å². The van der Waals surface area contributed by atoms with E-state index in [0.717, 1.165) is 35.6 Å². The van der Waals surface area contributed by atoms with Gasteiger partial charge in [0.05, 0.1) is 11.4 Å². The lowest BCUT2D eigenvalue weighted by molar-refractivity contribution is 0.278. The molecule has 0 aliphatic heterocycles. The van der Waals surface area contributed by atoms with Crippen LogP contribution in [-0.2, 0) is 0 Å². The first-order valence-electron chi connectivity index (χ1n) is 8.11. The fourth-order valence-electron chi connectivity index (χ4n) is 3.19. The standard InChI is InChI=1S/C16H30N4/c1-5-13-6-8-14(9-7-13)10-18-16-15(17)12(4)19-20(16)11(2)3/h11,13-14,18H,5-10,17H2,1-4H3. The van der Waals surface area contributed by atoms with E-state index in [-0.39, 0.29) is 0 Å². The van der Waals surface area contributed by atoms with Gasteiger partial charge in [-0.05, 0) is 45.4 Å². The highest BCUT2D eigenvalue weighted by atomic mass is 15.4. The fraction of sp³-hybridized carbons (Fsp3) is 0.812. The van der Waals surface area contributed by atoms with Gasteiger partial charge in [-0.3, -0.25) is 0 Å². The molecule has 0 radical (unpaired) electrons. The first-order valence-corrected chi connectivity index (χ1v) is 8.11. The Bertz CT molecular complexity index is 428. The van der Waals surface area contributed by atoms with E-state index in [9.17, 15) is 0 Å². The molecule has 0 amide bonds. The zero-order valence-electron chi connectivity index (χ0n) is 13.4. The van der Waals surface area contributed by atoms with Crippen molar-refractivity contribution in [2.45, 2.75) is 65.8 Å². The van der Waals surface area contributed by atoms with E-state index >= 15 is 0 Å². The van der Waals surface area contributed by atoms with Gasteiger partial charge in [0.2, 0.25) is 0 Å². The highest BCUT2D eigenvalue weighted by molar-refractivity contribution is 5.64. The van der Waals surface area contributed by atoms with E-state index < -0.39 is 0 Å². The third kappa shape index (κ3) is 3.28. The van der Waals surface area contributed by atoms with Gasteiger partial charge in [-0.2, -0.15) is 5.10 Å². The van der Waals surface area contributed by atoms with Crippen LogP contribution in [0.4, 0.5) is 11.5 Å². The van der Waals surface area contributed by atoms with Crippen molar-refractivity contribution in [2.24, 2.45) is 11.8 Å². The van der Waals surface area contributed by atoms with Crippen molar-refractivity contribution < 1.29 is 0 Å². The third-order valence-electron chi connectivity index (χ3n) is 4.72. The van der Waals surface area contributed by atoms with E-state index in [2.05, 4.69) is 31.2 Å². The molecule has 0 aromatic carbocycles. The van der Waals surface area contributed by atoms with Crippen LogP contribution < -0.4 is 11.1 Å². The Kier molecular flexibility index (Phi) is 4.95. The number of hydrogen-bond acceptors (Lipinski definition) is 3. The van der Waals surface area contributed by atoms with Crippen molar-refractivity contribution in [3.8, 4) is 0 Å². The summed E-state index contributed by atoms with van der Waals surface area (Å²) in [5, 5.41) is 8.09. The van der Waals surface area contributed by atoms with Crippen molar-refractivity contribution in [1.29, 1.82) is 0 Å². The van der Waals surface area contributed by atoms with E-state index in [0.29, 0.717) is 6.04 Å². The second-order valence-corrected chi connectivity index (χ2v) is 6.56. The van der Waals surface area contributed by atoms with Crippen LogP contribution in [0.1, 0.15) is 64.6 Å². The Labute approximate surface area is 123 Å². The molecule has 0 spiro atoms. The zero-order chi connectivity index (χ0) is 14.7. The van der Waals surface area contributed by atoms with Crippen molar-refractivity contribution in [2.75, 3.05) is 17.6 Å². The summed E-state index contributed by atoms with van der Waals surface area (Å²) in [5.74, 6) is 2.75. The topological polar surface area (TPSA) is 55.9 Å². The molecule has 0 saturated heterocycles. The summed E-state index contributed by atoms with van der Waals surface area (Å²) in [6, 6.07) is 0.337. The number of nitrogens with two attached hydrogens (primary N) is 1. The number of anilines is 2. The average Bonchev–Trinajstić information content (AvgIpc) is 2.73. The minimum atomic E-state index is 0.337. The van der Waals surface area contributed by atoms with Crippen LogP contribution in [0.15, 0.2) is 0 Å². The first kappa shape index (κ1) is 15.2. The molecule has 114 valence electrons. The lowest BCUT2D eigenvalue weighted by Gasteiger charge is -2.28. The molecule has 2 rings (SSSR count). The predicted octanol–water partition coefficient (Wildman–Crippen LogP) is 3.98. The number of nitrogen functional groups attached to an aromatic ring is 1. The normalized spacial score (nSPS) is 23.2. The molecule has 4 heteroatoms. The zero-order valence-corrected chi connectivity index (χ0v) is 13.4. The van der Waals surface area contributed by atoms with Crippen LogP contribution in [0.3, 0.4) is 0 Å². The predicted molar refractivity (Wildman–Crippen MR) is 86.0 cm³/mol. The van der Waals surface area contributed by atoms with Crippen LogP contribution in [0.2, 0.25) is 0 Å². The number of hydrogen-bond donors (Lipinski definition) is 2. The fourth-order valence-corrected chi connectivity index (χ4v) is 3.19. The molecule has 1 aromatic rings. The van der Waals surface area contributed by atoms with E-state index in [1.165, 1.54) is 32.1 Å². The third-order valence-corrected chi connectivity index (χ3v) is 4.72. The largest absolute Gasteiger partial charge is 0.394 e. The molecular formula is C16H30N4. The number of rotatable bonds is 5. The molecule has 0 bridgehead atoms. The quantitative estimate of drug-likeness (QED) is 0.856. The molecule has 1 heterocycles. The number of nitrogens with zero attached hydrogens (tertiary/aromatic N) is 2. The molecule has 4 nitrogen and oxygen atoms in total. The van der Waals surface area contributed by atoms with Crippen molar-refractivity contribution in [1.82, 2.24) is 9.78 Å². The Morgan fingerprint density at radius 1 is 1.25 bits per heavy atom. The van der Waals surface area contributed by atoms with Crippen LogP contribution in [0.25, 0.3) is 0 Å². The first-order chi connectivity index (χ1) is 9.52. The molecule has 1 saturated carbocycles. The molecular weight excluding hydrogens is 248 g/mol. The highest BCUT2D eigenvalue weighted by Gasteiger charge is 2.21. The van der Waals surface area contributed by atoms with E-state index in [1.54, 1.807) is 0 Å². The van der Waals surface area contributed by atoms with Crippen LogP contribution >= 0.6 is 0 Å². The van der Waals surface area contributed by atoms with Gasteiger partial charge in [-0.15, -0.1) is 0 Å². The second-order valence-electron chi connectivity index (χ2n) is 6.56. The Morgan fingerprint density at radius 3 is 2.40 bits per heavy atom. The minimum Gasteiger partial charge on any atom is -0.394 e. The van der Waals surface area contributed by atoms with Crippen LogP contribution in [-0.4, -0.2) is 16.3 Å². The van der Waals surface area contributed by atoms with Crippen LogP contribution in [0.5, 0.6) is 0 Å². The van der Waals surface area contributed by atoms with E-state index in [4.69, 9.17) is 5.73 Å². The van der Waals surface area contributed by atoms with Gasteiger partial charge in [0.25, 0.3) is 0 Å². The summed E-state index contributed by atoms with van der Waals surface area (Å²) in [6.45, 7) is 9.60. The van der Waals surface area contributed by atoms with Crippen molar-refractivity contribution in [3.63, 3.8) is 0 Å². The molecule has 1 aliphatic carbocycles. The molecule has 0 unspecified atom stereocenters. The maximum Gasteiger partial charge on any atom is 0.148 e. The average molecular weight is 278 g/mol. The summed E-state index contributed by atoms with van der Waals surface area (Å²) in [5.41, 5.74) is 7.89. The van der Waals surface area contributed by atoms with Gasteiger partial charge < -0.3 is 11.1 Å². The lowest BCUT2D eigenvalue weighted by Crippen LogP contribution is -2.22. The number of nitrogens with one attached hydrogen (secondary N) is 1. The lowest BCUT2D eigenvalue weighted by atomic mass is 9.81. The van der Waals surface area contributed by atoms with Crippen LogP contribution in [0, 0.1) is 18.8 Å². The summed E-state index contributed by atoms with van der Waals surface area (Å²) >= 11 is 0. The van der Waals surface area contributed by atoms with Gasteiger partial charge in [0, 0.05) is 12.6 Å². The Hall–Kier alpha value is -1.19. The van der Waals surface area contributed by atoms with Crippen molar-refractivity contribution >= 4 is 11.5 Å². The number of aryl methyl sites for hydroxylation is 1. The molecule has 1 fully saturated rings. The summed E-state index contributed by atoms with van der Waals surface area (Å²) in [6.07, 6.45) is 6.81. The van der Waals surface area contributed by atoms with Gasteiger partial charge in [-0.25, -0.2) is 4.68 Å². The molecule has 3 N–H and O–H groups in total.